The molecule has 188 valence electrons. The fourth-order valence-corrected chi connectivity index (χ4v) is 2.99. The highest BCUT2D eigenvalue weighted by molar-refractivity contribution is 5.95. The summed E-state index contributed by atoms with van der Waals surface area (Å²) in [6.07, 6.45) is 3.02. The molecule has 0 fully saturated rings. The molecule has 3 aromatic rings. The first kappa shape index (κ1) is 26.9. The van der Waals surface area contributed by atoms with Crippen molar-refractivity contribution >= 4 is 23.6 Å². The molecule has 3 rings (SSSR count). The van der Waals surface area contributed by atoms with Crippen LogP contribution in [0.2, 0.25) is 0 Å². The first-order chi connectivity index (χ1) is 17.7. The zero-order chi connectivity index (χ0) is 26.8. The van der Waals surface area contributed by atoms with Gasteiger partial charge < -0.3 is 14.2 Å². The Labute approximate surface area is 216 Å². The van der Waals surface area contributed by atoms with Gasteiger partial charge in [0, 0.05) is 6.08 Å². The minimum atomic E-state index is -0.518. The lowest BCUT2D eigenvalue weighted by Crippen LogP contribution is -2.11. The Morgan fingerprint density at radius 3 is 1.51 bits per heavy atom. The Bertz CT molecular complexity index is 1310. The van der Waals surface area contributed by atoms with Crippen molar-refractivity contribution in [1.29, 1.82) is 0 Å². The molecule has 0 spiro atoms. The quantitative estimate of drug-likeness (QED) is 0.173. The van der Waals surface area contributed by atoms with Crippen molar-refractivity contribution in [2.75, 3.05) is 13.2 Å². The molecule has 0 aromatic heterocycles. The highest BCUT2D eigenvalue weighted by Crippen LogP contribution is 2.23. The van der Waals surface area contributed by atoms with Gasteiger partial charge in [-0.2, -0.15) is 0 Å². The van der Waals surface area contributed by atoms with Gasteiger partial charge in [0.2, 0.25) is 0 Å². The molecule has 0 atom stereocenters. The maximum absolute atomic E-state index is 12.2. The van der Waals surface area contributed by atoms with Crippen LogP contribution in [-0.2, 0) is 14.4 Å². The van der Waals surface area contributed by atoms with E-state index in [1.165, 1.54) is 6.08 Å². The number of carbonyl (C=O) groups excluding carboxylic acids is 3. The maximum Gasteiger partial charge on any atom is 0.336 e. The second-order valence-electron chi connectivity index (χ2n) is 8.36. The van der Waals surface area contributed by atoms with Crippen molar-refractivity contribution in [3.05, 3.63) is 109 Å². The van der Waals surface area contributed by atoms with Crippen molar-refractivity contribution in [3.8, 4) is 28.4 Å². The standard InChI is InChI=1S/C31H28O6/c1-21(2)29(32)19-35-26-12-10-25(11-13-26)24-8-5-23(6-9-24)7-18-31(34)37-28-16-14-27(15-17-28)36-20-30(33)22(3)4/h5-18H,1,3,19-20H2,2,4H3/b18-7+. The second-order valence-corrected chi connectivity index (χ2v) is 8.36. The van der Waals surface area contributed by atoms with E-state index in [1.807, 2.05) is 48.5 Å². The summed E-state index contributed by atoms with van der Waals surface area (Å²) in [5.74, 6) is 0.634. The van der Waals surface area contributed by atoms with E-state index < -0.39 is 5.97 Å². The Morgan fingerprint density at radius 1 is 0.649 bits per heavy atom. The normalized spacial score (nSPS) is 10.5. The highest BCUT2D eigenvalue weighted by Gasteiger charge is 2.06. The molecular weight excluding hydrogens is 468 g/mol. The average Bonchev–Trinajstić information content (AvgIpc) is 2.90. The van der Waals surface area contributed by atoms with Gasteiger partial charge in [-0.15, -0.1) is 0 Å². The molecule has 6 nitrogen and oxygen atoms in total. The van der Waals surface area contributed by atoms with E-state index in [-0.39, 0.29) is 24.8 Å². The zero-order valence-corrected chi connectivity index (χ0v) is 20.9. The lowest BCUT2D eigenvalue weighted by Gasteiger charge is -2.07. The van der Waals surface area contributed by atoms with Crippen LogP contribution in [0.15, 0.2) is 103 Å². The summed E-state index contributed by atoms with van der Waals surface area (Å²) in [5, 5.41) is 0. The van der Waals surface area contributed by atoms with Gasteiger partial charge in [0.05, 0.1) is 0 Å². The van der Waals surface area contributed by atoms with Crippen molar-refractivity contribution in [2.45, 2.75) is 13.8 Å². The number of hydrogen-bond donors (Lipinski definition) is 0. The molecule has 0 radical (unpaired) electrons. The summed E-state index contributed by atoms with van der Waals surface area (Å²) in [6, 6.07) is 21.6. The molecule has 0 unspecified atom stereocenters. The van der Waals surface area contributed by atoms with Crippen LogP contribution in [0.1, 0.15) is 19.4 Å². The molecule has 0 saturated heterocycles. The Kier molecular flexibility index (Phi) is 9.33. The number of ketones is 2. The smallest absolute Gasteiger partial charge is 0.336 e. The maximum atomic E-state index is 12.2. The summed E-state index contributed by atoms with van der Waals surface area (Å²) in [6.45, 7) is 10.4. The molecule has 0 amide bonds. The molecule has 6 heteroatoms. The number of esters is 1. The van der Waals surface area contributed by atoms with Crippen molar-refractivity contribution in [2.24, 2.45) is 0 Å². The SMILES string of the molecule is C=C(C)C(=O)COc1ccc(OC(=O)/C=C/c2ccc(-c3ccc(OCC(=O)C(=C)C)cc3)cc2)cc1. The van der Waals surface area contributed by atoms with E-state index in [0.717, 1.165) is 16.7 Å². The molecule has 0 aliphatic heterocycles. The van der Waals surface area contributed by atoms with Gasteiger partial charge in [-0.3, -0.25) is 9.59 Å². The van der Waals surface area contributed by atoms with Crippen LogP contribution in [0.3, 0.4) is 0 Å². The van der Waals surface area contributed by atoms with Crippen LogP contribution in [0.25, 0.3) is 17.2 Å². The first-order valence-corrected chi connectivity index (χ1v) is 11.5. The first-order valence-electron chi connectivity index (χ1n) is 11.5. The fourth-order valence-electron chi connectivity index (χ4n) is 2.99. The lowest BCUT2D eigenvalue weighted by molar-refractivity contribution is -0.129. The fraction of sp³-hybridized carbons (Fsp3) is 0.129. The van der Waals surface area contributed by atoms with Gasteiger partial charge in [0.15, 0.2) is 24.8 Å². The van der Waals surface area contributed by atoms with E-state index in [9.17, 15) is 14.4 Å². The Hall–Kier alpha value is -4.71. The number of Topliss-reactive ketones (excluding diaryl/α,β-unsaturated/α-hetero) is 2. The zero-order valence-electron chi connectivity index (χ0n) is 20.9. The van der Waals surface area contributed by atoms with Crippen LogP contribution in [0.5, 0.6) is 17.2 Å². The Morgan fingerprint density at radius 2 is 1.05 bits per heavy atom. The summed E-state index contributed by atoms with van der Waals surface area (Å²) < 4.78 is 16.2. The van der Waals surface area contributed by atoms with Gasteiger partial charge in [-0.25, -0.2) is 4.79 Å². The van der Waals surface area contributed by atoms with Crippen LogP contribution in [0, 0.1) is 0 Å². The highest BCUT2D eigenvalue weighted by atomic mass is 16.5. The van der Waals surface area contributed by atoms with Gasteiger partial charge in [-0.1, -0.05) is 49.6 Å². The summed E-state index contributed by atoms with van der Waals surface area (Å²) in [7, 11) is 0. The molecule has 0 aliphatic carbocycles. The average molecular weight is 497 g/mol. The van der Waals surface area contributed by atoms with Crippen LogP contribution < -0.4 is 14.2 Å². The predicted molar refractivity (Wildman–Crippen MR) is 144 cm³/mol. The van der Waals surface area contributed by atoms with E-state index in [1.54, 1.807) is 44.2 Å². The third kappa shape index (κ3) is 8.47. The van der Waals surface area contributed by atoms with Crippen LogP contribution in [0.4, 0.5) is 0 Å². The molecule has 37 heavy (non-hydrogen) atoms. The van der Waals surface area contributed by atoms with E-state index in [4.69, 9.17) is 14.2 Å². The summed E-state index contributed by atoms with van der Waals surface area (Å²) in [5.41, 5.74) is 3.72. The lowest BCUT2D eigenvalue weighted by atomic mass is 10.0. The molecular formula is C31H28O6. The monoisotopic (exact) mass is 496 g/mol. The van der Waals surface area contributed by atoms with Crippen LogP contribution >= 0.6 is 0 Å². The van der Waals surface area contributed by atoms with Crippen LogP contribution in [-0.4, -0.2) is 30.7 Å². The minimum absolute atomic E-state index is 0.0319. The summed E-state index contributed by atoms with van der Waals surface area (Å²) in [4.78, 5) is 35.4. The molecule has 0 aliphatic rings. The number of carbonyl (C=O) groups is 3. The van der Waals surface area contributed by atoms with Gasteiger partial charge in [-0.05, 0) is 84.2 Å². The third-order valence-corrected chi connectivity index (χ3v) is 5.24. The second kappa shape index (κ2) is 12.8. The predicted octanol–water partition coefficient (Wildman–Crippen LogP) is 6.02. The van der Waals surface area contributed by atoms with Crippen molar-refractivity contribution in [3.63, 3.8) is 0 Å². The number of ether oxygens (including phenoxy) is 3. The third-order valence-electron chi connectivity index (χ3n) is 5.24. The van der Waals surface area contributed by atoms with Gasteiger partial charge in [0.25, 0.3) is 0 Å². The number of hydrogen-bond acceptors (Lipinski definition) is 6. The molecule has 0 heterocycles. The molecule has 0 bridgehead atoms. The molecule has 0 saturated carbocycles. The largest absolute Gasteiger partial charge is 0.485 e. The number of benzene rings is 3. The molecule has 0 N–H and O–H groups in total. The van der Waals surface area contributed by atoms with E-state index >= 15 is 0 Å². The van der Waals surface area contributed by atoms with E-state index in [0.29, 0.717) is 28.4 Å². The molecule has 3 aromatic carbocycles. The minimum Gasteiger partial charge on any atom is -0.485 e. The summed E-state index contributed by atoms with van der Waals surface area (Å²) >= 11 is 0. The van der Waals surface area contributed by atoms with Gasteiger partial charge in [0.1, 0.15) is 17.2 Å². The van der Waals surface area contributed by atoms with Gasteiger partial charge >= 0.3 is 5.97 Å². The number of rotatable bonds is 12. The van der Waals surface area contributed by atoms with E-state index in [2.05, 4.69) is 13.2 Å². The Balaban J connectivity index is 1.51. The van der Waals surface area contributed by atoms with Crippen molar-refractivity contribution in [1.82, 2.24) is 0 Å². The topological polar surface area (TPSA) is 78.9 Å². The van der Waals surface area contributed by atoms with Crippen molar-refractivity contribution < 1.29 is 28.6 Å².